The van der Waals surface area contributed by atoms with Gasteiger partial charge in [0.05, 0.1) is 11.5 Å². The summed E-state index contributed by atoms with van der Waals surface area (Å²) in [6.45, 7) is 10.1. The van der Waals surface area contributed by atoms with Crippen LogP contribution in [0.3, 0.4) is 0 Å². The maximum atomic E-state index is 9.98. The number of aromatic nitrogens is 1. The van der Waals surface area contributed by atoms with E-state index < -0.39 is 0 Å². The largest absolute Gasteiger partial charge is 0.507 e. The Bertz CT molecular complexity index is 689. The van der Waals surface area contributed by atoms with Gasteiger partial charge in [0.2, 0.25) is 11.0 Å². The van der Waals surface area contributed by atoms with Gasteiger partial charge in [0.15, 0.2) is 6.20 Å². The van der Waals surface area contributed by atoms with E-state index in [0.29, 0.717) is 5.75 Å². The number of rotatable bonds is 0. The monoisotopic (exact) mass is 270 g/mol. The van der Waals surface area contributed by atoms with Crippen LogP contribution in [0.15, 0.2) is 48.7 Å². The van der Waals surface area contributed by atoms with Crippen molar-refractivity contribution in [2.45, 2.75) is 34.6 Å². The predicted octanol–water partition coefficient (Wildman–Crippen LogP) is 4.64. The minimum atomic E-state index is 0.338. The Labute approximate surface area is 121 Å². The summed E-state index contributed by atoms with van der Waals surface area (Å²) in [7, 11) is 0. The summed E-state index contributed by atoms with van der Waals surface area (Å²) >= 11 is 0. The van der Waals surface area contributed by atoms with Gasteiger partial charge in [0.1, 0.15) is 5.75 Å². The lowest BCUT2D eigenvalue weighted by Gasteiger charge is -2.02. The van der Waals surface area contributed by atoms with E-state index in [1.54, 1.807) is 6.07 Å². The number of nitrogens with zero attached hydrogens (tertiary/aromatic N) is 1. The van der Waals surface area contributed by atoms with E-state index in [1.807, 2.05) is 64.2 Å². The molecule has 0 amide bonds. The van der Waals surface area contributed by atoms with Crippen molar-refractivity contribution in [2.24, 2.45) is 0 Å². The number of hydrogen-bond acceptors (Lipinski definition) is 1. The highest BCUT2D eigenvalue weighted by molar-refractivity contribution is 5.86. The van der Waals surface area contributed by atoms with E-state index in [9.17, 15) is 5.11 Å². The Morgan fingerprint density at radius 2 is 1.60 bits per heavy atom. The first-order valence-corrected chi connectivity index (χ1v) is 7.29. The normalized spacial score (nSPS) is 9.45. The first-order chi connectivity index (χ1) is 9.77. The molecule has 1 N–H and O–H groups in total. The van der Waals surface area contributed by atoms with Crippen molar-refractivity contribution in [3.8, 4) is 5.75 Å². The molecule has 0 aliphatic carbocycles. The zero-order valence-electron chi connectivity index (χ0n) is 13.0. The third kappa shape index (κ3) is 2.90. The van der Waals surface area contributed by atoms with Crippen molar-refractivity contribution >= 4 is 16.4 Å². The Hall–Kier alpha value is -2.09. The SMILES string of the molecule is CC.CC.Cc1cccc2c(O)cc3cccc[n+]3c12. The number of aryl methyl sites for hydroxylation is 1. The van der Waals surface area contributed by atoms with Crippen LogP contribution in [0.25, 0.3) is 16.4 Å². The van der Waals surface area contributed by atoms with Gasteiger partial charge >= 0.3 is 0 Å². The summed E-state index contributed by atoms with van der Waals surface area (Å²) in [5.74, 6) is 0.338. The summed E-state index contributed by atoms with van der Waals surface area (Å²) in [4.78, 5) is 0. The number of hydrogen-bond donors (Lipinski definition) is 1. The maximum Gasteiger partial charge on any atom is 0.225 e. The van der Waals surface area contributed by atoms with Crippen molar-refractivity contribution in [1.82, 2.24) is 0 Å². The Balaban J connectivity index is 0.000000461. The third-order valence-corrected chi connectivity index (χ3v) is 2.93. The fourth-order valence-electron chi connectivity index (χ4n) is 2.18. The summed E-state index contributed by atoms with van der Waals surface area (Å²) in [5.41, 5.74) is 3.23. The van der Waals surface area contributed by atoms with Gasteiger partial charge in [-0.25, -0.2) is 0 Å². The van der Waals surface area contributed by atoms with Gasteiger partial charge in [-0.1, -0.05) is 39.8 Å². The highest BCUT2D eigenvalue weighted by Gasteiger charge is 2.14. The lowest BCUT2D eigenvalue weighted by Crippen LogP contribution is -2.22. The summed E-state index contributed by atoms with van der Waals surface area (Å²) < 4.78 is 2.10. The lowest BCUT2D eigenvalue weighted by atomic mass is 10.1. The zero-order chi connectivity index (χ0) is 15.1. The molecule has 0 spiro atoms. The van der Waals surface area contributed by atoms with Gasteiger partial charge in [-0.3, -0.25) is 0 Å². The number of pyridine rings is 2. The average Bonchev–Trinajstić information content (AvgIpc) is 2.52. The minimum absolute atomic E-state index is 0.338. The van der Waals surface area contributed by atoms with Crippen LogP contribution in [0, 0.1) is 6.92 Å². The van der Waals surface area contributed by atoms with Crippen molar-refractivity contribution < 1.29 is 9.51 Å². The number of fused-ring (bicyclic) bond motifs is 3. The molecule has 0 saturated carbocycles. The molecule has 0 saturated heterocycles. The van der Waals surface area contributed by atoms with Crippen LogP contribution >= 0.6 is 0 Å². The zero-order valence-corrected chi connectivity index (χ0v) is 13.0. The molecular weight excluding hydrogens is 246 g/mol. The van der Waals surface area contributed by atoms with Crippen molar-refractivity contribution in [2.75, 3.05) is 0 Å². The standard InChI is InChI=1S/C14H11NO.2C2H6/c1-10-5-4-7-12-13(16)9-11-6-2-3-8-15(11)14(10)12;2*1-2/h2-9H,1H3;2*1-2H3/p+1. The third-order valence-electron chi connectivity index (χ3n) is 2.93. The molecule has 2 aromatic heterocycles. The number of benzene rings is 1. The second-order valence-corrected chi connectivity index (χ2v) is 4.00. The molecule has 0 atom stereocenters. The Kier molecular flexibility index (Phi) is 5.98. The van der Waals surface area contributed by atoms with E-state index >= 15 is 0 Å². The molecular formula is C18H24NO+. The van der Waals surface area contributed by atoms with Gasteiger partial charge in [0.25, 0.3) is 0 Å². The number of para-hydroxylation sites is 1. The quantitative estimate of drug-likeness (QED) is 0.467. The molecule has 0 aliphatic heterocycles. The highest BCUT2D eigenvalue weighted by Crippen LogP contribution is 2.25. The molecule has 3 rings (SSSR count). The molecule has 3 aromatic rings. The lowest BCUT2D eigenvalue weighted by molar-refractivity contribution is -0.482. The van der Waals surface area contributed by atoms with Crippen LogP contribution in [0.2, 0.25) is 0 Å². The van der Waals surface area contributed by atoms with E-state index in [-0.39, 0.29) is 0 Å². The van der Waals surface area contributed by atoms with Crippen LogP contribution in [0.5, 0.6) is 5.75 Å². The molecule has 106 valence electrons. The topological polar surface area (TPSA) is 24.3 Å². The molecule has 0 radical (unpaired) electrons. The highest BCUT2D eigenvalue weighted by atomic mass is 16.3. The molecule has 2 heteroatoms. The molecule has 0 fully saturated rings. The number of aromatic hydroxyl groups is 1. The van der Waals surface area contributed by atoms with Crippen LogP contribution in [-0.4, -0.2) is 5.11 Å². The van der Waals surface area contributed by atoms with Crippen LogP contribution in [-0.2, 0) is 0 Å². The molecule has 2 heterocycles. The fourth-order valence-corrected chi connectivity index (χ4v) is 2.18. The summed E-state index contributed by atoms with van der Waals surface area (Å²) in [5, 5.41) is 10.9. The second kappa shape index (κ2) is 7.49. The Morgan fingerprint density at radius 3 is 2.30 bits per heavy atom. The first kappa shape index (κ1) is 16.0. The molecule has 20 heavy (non-hydrogen) atoms. The van der Waals surface area contributed by atoms with Gasteiger partial charge in [0, 0.05) is 17.7 Å². The van der Waals surface area contributed by atoms with E-state index in [1.165, 1.54) is 0 Å². The molecule has 0 unspecified atom stereocenters. The van der Waals surface area contributed by atoms with Gasteiger partial charge in [-0.05, 0) is 19.1 Å². The van der Waals surface area contributed by atoms with Gasteiger partial charge in [-0.2, -0.15) is 4.40 Å². The Morgan fingerprint density at radius 1 is 0.900 bits per heavy atom. The van der Waals surface area contributed by atoms with E-state index in [4.69, 9.17) is 0 Å². The van der Waals surface area contributed by atoms with Gasteiger partial charge in [-0.15, -0.1) is 0 Å². The van der Waals surface area contributed by atoms with Gasteiger partial charge < -0.3 is 5.11 Å². The van der Waals surface area contributed by atoms with Crippen molar-refractivity contribution in [1.29, 1.82) is 0 Å². The minimum Gasteiger partial charge on any atom is -0.507 e. The molecule has 2 nitrogen and oxygen atoms in total. The van der Waals surface area contributed by atoms with Crippen LogP contribution in [0.1, 0.15) is 33.3 Å². The first-order valence-electron chi connectivity index (χ1n) is 7.29. The molecule has 1 aromatic carbocycles. The predicted molar refractivity (Wildman–Crippen MR) is 86.2 cm³/mol. The van der Waals surface area contributed by atoms with Crippen LogP contribution < -0.4 is 4.40 Å². The average molecular weight is 270 g/mol. The second-order valence-electron chi connectivity index (χ2n) is 4.00. The van der Waals surface area contributed by atoms with Crippen molar-refractivity contribution in [3.63, 3.8) is 0 Å². The fraction of sp³-hybridized carbons (Fsp3) is 0.278. The van der Waals surface area contributed by atoms with E-state index in [0.717, 1.165) is 22.0 Å². The summed E-state index contributed by atoms with van der Waals surface area (Å²) in [6, 6.07) is 13.7. The molecule has 0 aliphatic rings. The summed E-state index contributed by atoms with van der Waals surface area (Å²) in [6.07, 6.45) is 2.02. The maximum absolute atomic E-state index is 9.98. The van der Waals surface area contributed by atoms with Crippen LogP contribution in [0.4, 0.5) is 0 Å². The molecule has 0 bridgehead atoms. The smallest absolute Gasteiger partial charge is 0.225 e. The van der Waals surface area contributed by atoms with Crippen molar-refractivity contribution in [3.05, 3.63) is 54.2 Å². The van der Waals surface area contributed by atoms with E-state index in [2.05, 4.69) is 17.4 Å².